The van der Waals surface area contributed by atoms with Crippen LogP contribution in [-0.2, 0) is 0 Å². The monoisotopic (exact) mass is 268 g/mol. The molecule has 0 saturated carbocycles. The van der Waals surface area contributed by atoms with Gasteiger partial charge in [0.2, 0.25) is 0 Å². The maximum Gasteiger partial charge on any atom is 0.110 e. The largest absolute Gasteiger partial charge is 0.358 e. The van der Waals surface area contributed by atoms with Gasteiger partial charge in [0.15, 0.2) is 0 Å². The van der Waals surface area contributed by atoms with Gasteiger partial charge in [-0.1, -0.05) is 42.0 Å². The van der Waals surface area contributed by atoms with Gasteiger partial charge in [-0.05, 0) is 37.6 Å². The highest BCUT2D eigenvalue weighted by Crippen LogP contribution is 2.33. The van der Waals surface area contributed by atoms with Crippen LogP contribution in [0.5, 0.6) is 0 Å². The summed E-state index contributed by atoms with van der Waals surface area (Å²) in [6, 6.07) is 14.8. The third kappa shape index (κ3) is 2.10. The summed E-state index contributed by atoms with van der Waals surface area (Å²) < 4.78 is 0. The minimum absolute atomic E-state index is 0.722. The van der Waals surface area contributed by atoms with E-state index in [0.29, 0.717) is 0 Å². The topological polar surface area (TPSA) is 15.3 Å². The first-order valence-electron chi connectivity index (χ1n) is 6.39. The maximum absolute atomic E-state index is 5.38. The third-order valence-corrected chi connectivity index (χ3v) is 3.84. The van der Waals surface area contributed by atoms with E-state index in [9.17, 15) is 0 Å². The summed E-state index contributed by atoms with van der Waals surface area (Å²) in [6.07, 6.45) is 0. The molecule has 0 bridgehead atoms. The Morgan fingerprint density at radius 3 is 2.63 bits per heavy atom. The summed E-state index contributed by atoms with van der Waals surface area (Å²) in [5.74, 6) is 0. The van der Waals surface area contributed by atoms with E-state index in [1.54, 1.807) is 0 Å². The molecule has 0 saturated heterocycles. The molecule has 0 aromatic heterocycles. The Kier molecular flexibility index (Phi) is 2.99. The second-order valence-corrected chi connectivity index (χ2v) is 5.31. The summed E-state index contributed by atoms with van der Waals surface area (Å²) in [4.78, 5) is 3.11. The van der Waals surface area contributed by atoms with Gasteiger partial charge in [-0.3, -0.25) is 0 Å². The van der Waals surface area contributed by atoms with Crippen LogP contribution in [0.2, 0.25) is 0 Å². The van der Waals surface area contributed by atoms with Crippen LogP contribution >= 0.6 is 12.2 Å². The third-order valence-electron chi connectivity index (χ3n) is 3.48. The Bertz CT molecular complexity index is 649. The van der Waals surface area contributed by atoms with Gasteiger partial charge in [0, 0.05) is 11.3 Å². The summed E-state index contributed by atoms with van der Waals surface area (Å²) in [5.41, 5.74) is 6.08. The van der Waals surface area contributed by atoms with Gasteiger partial charge < -0.3 is 10.2 Å². The fraction of sp³-hybridized carbons (Fsp3) is 0.188. The number of nitrogens with zero attached hydrogens (tertiary/aromatic N) is 1. The minimum Gasteiger partial charge on any atom is -0.358 e. The van der Waals surface area contributed by atoms with Crippen LogP contribution in [0, 0.1) is 13.8 Å². The van der Waals surface area contributed by atoms with Crippen molar-refractivity contribution in [1.82, 2.24) is 5.32 Å². The van der Waals surface area contributed by atoms with Crippen LogP contribution < -0.4 is 10.2 Å². The molecule has 2 aromatic carbocycles. The second kappa shape index (κ2) is 4.67. The van der Waals surface area contributed by atoms with Crippen molar-refractivity contribution in [2.75, 3.05) is 11.6 Å². The summed E-state index contributed by atoms with van der Waals surface area (Å²) in [5, 5.41) is 3.29. The van der Waals surface area contributed by atoms with Gasteiger partial charge in [-0.25, -0.2) is 0 Å². The first-order valence-corrected chi connectivity index (χ1v) is 6.79. The number of aryl methyl sites for hydroxylation is 2. The fourth-order valence-corrected chi connectivity index (χ4v) is 2.79. The first-order chi connectivity index (χ1) is 9.16. The molecule has 0 atom stereocenters. The van der Waals surface area contributed by atoms with E-state index in [0.717, 1.165) is 17.2 Å². The van der Waals surface area contributed by atoms with Crippen LogP contribution in [0.3, 0.4) is 0 Å². The average Bonchev–Trinajstić information content (AvgIpc) is 2.41. The Balaban J connectivity index is 2.12. The molecule has 96 valence electrons. The van der Waals surface area contributed by atoms with Gasteiger partial charge in [-0.2, -0.15) is 0 Å². The average molecular weight is 268 g/mol. The molecule has 19 heavy (non-hydrogen) atoms. The zero-order chi connectivity index (χ0) is 13.4. The predicted octanol–water partition coefficient (Wildman–Crippen LogP) is 3.68. The Morgan fingerprint density at radius 2 is 1.84 bits per heavy atom. The molecule has 1 N–H and O–H groups in total. The molecule has 0 radical (unpaired) electrons. The van der Waals surface area contributed by atoms with E-state index in [1.807, 2.05) is 6.07 Å². The van der Waals surface area contributed by atoms with Gasteiger partial charge in [0.05, 0.1) is 12.4 Å². The molecule has 1 heterocycles. The molecule has 3 rings (SSSR count). The maximum atomic E-state index is 5.38. The minimum atomic E-state index is 0.722. The molecule has 0 amide bonds. The standard InChI is InChI=1S/C16H16N2S/c1-11-7-8-14(12(2)9-11)18-10-17-16(19)13-5-3-4-6-15(13)18/h3-9H,10H2,1-2H3,(H,17,19). The molecule has 2 aromatic rings. The second-order valence-electron chi connectivity index (χ2n) is 4.90. The summed E-state index contributed by atoms with van der Waals surface area (Å²) >= 11 is 5.38. The molecular formula is C16H16N2S. The SMILES string of the molecule is Cc1ccc(N2CNC(=S)c3ccccc32)c(C)c1. The molecule has 0 spiro atoms. The number of hydrogen-bond acceptors (Lipinski definition) is 2. The molecule has 3 heteroatoms. The van der Waals surface area contributed by atoms with Crippen molar-refractivity contribution < 1.29 is 0 Å². The molecular weight excluding hydrogens is 252 g/mol. The van der Waals surface area contributed by atoms with Crippen LogP contribution in [0.25, 0.3) is 0 Å². The molecule has 0 aliphatic carbocycles. The van der Waals surface area contributed by atoms with Crippen LogP contribution in [0.15, 0.2) is 42.5 Å². The number of thiocarbonyl (C=S) groups is 1. The Labute approximate surface area is 119 Å². The number of para-hydroxylation sites is 1. The summed E-state index contributed by atoms with van der Waals surface area (Å²) in [7, 11) is 0. The Hall–Kier alpha value is -1.87. The van der Waals surface area contributed by atoms with E-state index in [-0.39, 0.29) is 0 Å². The molecule has 1 aliphatic heterocycles. The number of hydrogen-bond donors (Lipinski definition) is 1. The highest BCUT2D eigenvalue weighted by molar-refractivity contribution is 7.80. The smallest absolute Gasteiger partial charge is 0.110 e. The zero-order valence-electron chi connectivity index (χ0n) is 11.1. The van der Waals surface area contributed by atoms with Crippen molar-refractivity contribution in [2.24, 2.45) is 0 Å². The van der Waals surface area contributed by atoms with Crippen LogP contribution in [0.1, 0.15) is 16.7 Å². The van der Waals surface area contributed by atoms with Crippen molar-refractivity contribution in [2.45, 2.75) is 13.8 Å². The lowest BCUT2D eigenvalue weighted by molar-refractivity contribution is 0.863. The zero-order valence-corrected chi connectivity index (χ0v) is 11.9. The quantitative estimate of drug-likeness (QED) is 0.794. The summed E-state index contributed by atoms with van der Waals surface area (Å²) in [6.45, 7) is 4.99. The molecule has 0 fully saturated rings. The van der Waals surface area contributed by atoms with Crippen molar-refractivity contribution in [1.29, 1.82) is 0 Å². The van der Waals surface area contributed by atoms with Crippen molar-refractivity contribution in [3.8, 4) is 0 Å². The number of rotatable bonds is 1. The van der Waals surface area contributed by atoms with E-state index in [2.05, 4.69) is 60.5 Å². The van der Waals surface area contributed by atoms with E-state index >= 15 is 0 Å². The normalized spacial score (nSPS) is 14.0. The number of fused-ring (bicyclic) bond motifs is 1. The predicted molar refractivity (Wildman–Crippen MR) is 84.2 cm³/mol. The first kappa shape index (κ1) is 12.2. The van der Waals surface area contributed by atoms with E-state index in [1.165, 1.54) is 22.5 Å². The van der Waals surface area contributed by atoms with Gasteiger partial charge in [0.1, 0.15) is 4.99 Å². The van der Waals surface area contributed by atoms with Gasteiger partial charge >= 0.3 is 0 Å². The van der Waals surface area contributed by atoms with Gasteiger partial charge in [-0.15, -0.1) is 0 Å². The number of nitrogens with one attached hydrogen (secondary N) is 1. The number of benzene rings is 2. The highest BCUT2D eigenvalue weighted by atomic mass is 32.1. The van der Waals surface area contributed by atoms with Gasteiger partial charge in [0.25, 0.3) is 0 Å². The van der Waals surface area contributed by atoms with E-state index < -0.39 is 0 Å². The lowest BCUT2D eigenvalue weighted by Gasteiger charge is -2.33. The van der Waals surface area contributed by atoms with Crippen molar-refractivity contribution >= 4 is 28.6 Å². The highest BCUT2D eigenvalue weighted by Gasteiger charge is 2.21. The molecule has 0 unspecified atom stereocenters. The molecule has 1 aliphatic rings. The van der Waals surface area contributed by atoms with E-state index in [4.69, 9.17) is 12.2 Å². The van der Waals surface area contributed by atoms with Crippen molar-refractivity contribution in [3.05, 3.63) is 59.2 Å². The van der Waals surface area contributed by atoms with Crippen molar-refractivity contribution in [3.63, 3.8) is 0 Å². The van der Waals surface area contributed by atoms with Crippen LogP contribution in [-0.4, -0.2) is 11.7 Å². The fourth-order valence-electron chi connectivity index (χ4n) is 2.56. The lowest BCUT2D eigenvalue weighted by Crippen LogP contribution is -2.40. The lowest BCUT2D eigenvalue weighted by atomic mass is 10.1. The van der Waals surface area contributed by atoms with Crippen LogP contribution in [0.4, 0.5) is 11.4 Å². The molecule has 2 nitrogen and oxygen atoms in total. The Morgan fingerprint density at radius 1 is 1.05 bits per heavy atom. The number of anilines is 2.